The van der Waals surface area contributed by atoms with Gasteiger partial charge in [-0.3, -0.25) is 0 Å². The van der Waals surface area contributed by atoms with E-state index in [9.17, 15) is 40.2 Å². The van der Waals surface area contributed by atoms with E-state index in [2.05, 4.69) is 0 Å². The number of benzene rings is 2. The molecule has 0 spiro atoms. The second-order valence-electron chi connectivity index (χ2n) is 12.7. The molecule has 2 aliphatic heterocycles. The number of aliphatic hydroxyl groups excluding tert-OH is 4. The van der Waals surface area contributed by atoms with Crippen molar-refractivity contribution >= 4 is 24.1 Å². The van der Waals surface area contributed by atoms with Crippen LogP contribution in [0.4, 0.5) is 0 Å². The lowest BCUT2D eigenvalue weighted by molar-refractivity contribution is 0.00497. The lowest BCUT2D eigenvalue weighted by Gasteiger charge is -2.20. The summed E-state index contributed by atoms with van der Waals surface area (Å²) in [5.74, 6) is -0.718. The van der Waals surface area contributed by atoms with E-state index < -0.39 is 36.4 Å². The monoisotopic (exact) mass is 700 g/mol. The van der Waals surface area contributed by atoms with Gasteiger partial charge in [0.05, 0.1) is 50.8 Å². The molecule has 0 unspecified atom stereocenters. The van der Waals surface area contributed by atoms with Crippen LogP contribution in [0.1, 0.15) is 110 Å². The normalized spacial score (nSPS) is 26.9. The van der Waals surface area contributed by atoms with E-state index in [0.717, 1.165) is 0 Å². The number of ether oxygens (including phenoxy) is 4. The zero-order chi connectivity index (χ0) is 36.8. The fourth-order valence-electron chi connectivity index (χ4n) is 5.74. The van der Waals surface area contributed by atoms with Gasteiger partial charge in [-0.25, -0.2) is 9.59 Å². The van der Waals surface area contributed by atoms with E-state index in [-0.39, 0.29) is 34.8 Å². The zero-order valence-corrected chi connectivity index (χ0v) is 29.3. The Labute approximate surface area is 293 Å². The predicted molar refractivity (Wildman–Crippen MR) is 187 cm³/mol. The first-order valence-corrected chi connectivity index (χ1v) is 17.1. The molecular weight excluding hydrogens is 648 g/mol. The number of fused-ring (bicyclic) bond motifs is 2. The highest BCUT2D eigenvalue weighted by Crippen LogP contribution is 2.32. The highest BCUT2D eigenvalue weighted by Gasteiger charge is 2.24. The van der Waals surface area contributed by atoms with E-state index in [1.807, 2.05) is 0 Å². The fraction of sp³-hybridized carbons (Fsp3) is 0.526. The summed E-state index contributed by atoms with van der Waals surface area (Å²) >= 11 is 0. The largest absolute Gasteiger partial charge is 0.507 e. The number of methoxy groups -OCH3 is 2. The second-order valence-corrected chi connectivity index (χ2v) is 12.7. The third-order valence-electron chi connectivity index (χ3n) is 8.70. The molecule has 276 valence electrons. The van der Waals surface area contributed by atoms with Gasteiger partial charge in [-0.05, 0) is 101 Å². The summed E-state index contributed by atoms with van der Waals surface area (Å²) in [6, 6.07) is 6.05. The van der Waals surface area contributed by atoms with Crippen LogP contribution >= 0.6 is 0 Å². The Morgan fingerprint density at radius 3 is 1.30 bits per heavy atom. The van der Waals surface area contributed by atoms with Gasteiger partial charge in [-0.2, -0.15) is 0 Å². The van der Waals surface area contributed by atoms with E-state index in [1.165, 1.54) is 26.4 Å². The average Bonchev–Trinajstić information content (AvgIpc) is 3.06. The van der Waals surface area contributed by atoms with Crippen LogP contribution in [0.3, 0.4) is 0 Å². The molecule has 4 rings (SSSR count). The molecular formula is C38H52O12. The molecule has 0 amide bonds. The molecule has 0 aliphatic carbocycles. The van der Waals surface area contributed by atoms with Crippen molar-refractivity contribution in [3.05, 3.63) is 58.7 Å². The maximum Gasteiger partial charge on any atom is 0.342 e. The van der Waals surface area contributed by atoms with Crippen molar-refractivity contribution in [1.29, 1.82) is 0 Å². The minimum absolute atomic E-state index is 0.0987. The fourth-order valence-corrected chi connectivity index (χ4v) is 5.74. The van der Waals surface area contributed by atoms with Gasteiger partial charge in [-0.1, -0.05) is 24.3 Å². The number of carbonyl (C=O) groups is 2. The minimum atomic E-state index is -0.788. The molecule has 2 heterocycles. The van der Waals surface area contributed by atoms with Gasteiger partial charge in [0.15, 0.2) is 0 Å². The second kappa shape index (κ2) is 19.9. The predicted octanol–water partition coefficient (Wildman–Crippen LogP) is 5.29. The van der Waals surface area contributed by atoms with Crippen molar-refractivity contribution in [2.45, 2.75) is 115 Å². The van der Waals surface area contributed by atoms with Crippen LogP contribution in [0.5, 0.6) is 23.0 Å². The summed E-state index contributed by atoms with van der Waals surface area (Å²) in [5, 5.41) is 60.3. The number of rotatable bonds is 2. The Morgan fingerprint density at radius 2 is 0.940 bits per heavy atom. The Hall–Kier alpha value is -4.10. The first kappa shape index (κ1) is 40.3. The van der Waals surface area contributed by atoms with Gasteiger partial charge in [0.2, 0.25) is 0 Å². The minimum Gasteiger partial charge on any atom is -0.507 e. The van der Waals surface area contributed by atoms with Crippen molar-refractivity contribution in [3.8, 4) is 23.0 Å². The lowest BCUT2D eigenvalue weighted by atomic mass is 10.00. The van der Waals surface area contributed by atoms with E-state index in [0.29, 0.717) is 86.8 Å². The number of aromatic hydroxyl groups is 2. The van der Waals surface area contributed by atoms with Gasteiger partial charge in [0.25, 0.3) is 0 Å². The average molecular weight is 701 g/mol. The molecule has 0 saturated heterocycles. The molecule has 12 heteroatoms. The SMILES string of the molecule is COc1cc(O)c2c(c1)/C=C/CC[C@@H](O)[C@@H](O)CCC[C@H](C)OC2=O.COc1cc(O)c2c(c1)/C=C/CC[C@@H](O)[C@@H](O)CCC[C@H](C)OC2=O. The smallest absolute Gasteiger partial charge is 0.342 e. The summed E-state index contributed by atoms with van der Waals surface area (Å²) in [5.41, 5.74) is 1.17. The molecule has 0 saturated carbocycles. The maximum atomic E-state index is 12.5. The first-order valence-electron chi connectivity index (χ1n) is 17.1. The molecule has 2 aliphatic rings. The number of phenols is 2. The zero-order valence-electron chi connectivity index (χ0n) is 29.3. The highest BCUT2D eigenvalue weighted by molar-refractivity contribution is 5.97. The van der Waals surface area contributed by atoms with Crippen LogP contribution in [0.2, 0.25) is 0 Å². The topological polar surface area (TPSA) is 192 Å². The van der Waals surface area contributed by atoms with Gasteiger partial charge >= 0.3 is 11.9 Å². The van der Waals surface area contributed by atoms with Crippen LogP contribution in [0, 0.1) is 0 Å². The van der Waals surface area contributed by atoms with Crippen LogP contribution in [0.25, 0.3) is 12.2 Å². The van der Waals surface area contributed by atoms with Crippen molar-refractivity contribution in [1.82, 2.24) is 0 Å². The number of hydrogen-bond acceptors (Lipinski definition) is 12. The van der Waals surface area contributed by atoms with Crippen LogP contribution < -0.4 is 9.47 Å². The Bertz CT molecular complexity index is 1360. The van der Waals surface area contributed by atoms with E-state index in [1.54, 1.807) is 50.3 Å². The third kappa shape index (κ3) is 12.0. The molecule has 0 aromatic heterocycles. The maximum absolute atomic E-state index is 12.5. The van der Waals surface area contributed by atoms with Gasteiger partial charge in [-0.15, -0.1) is 0 Å². The molecule has 6 atom stereocenters. The first-order chi connectivity index (χ1) is 23.8. The standard InChI is InChI=1S/2C19H26O6/c2*1-12-6-5-9-16(21)15(20)8-4-3-7-13-10-14(24-2)11-17(22)18(13)19(23)25-12/h2*3,7,10-12,15-16,20-22H,4-6,8-9H2,1-2H3/b2*7-3+/t2*12-,15+,16-/m00/s1. The number of hydrogen-bond donors (Lipinski definition) is 6. The molecule has 0 bridgehead atoms. The van der Waals surface area contributed by atoms with E-state index in [4.69, 9.17) is 18.9 Å². The Kier molecular flexibility index (Phi) is 16.1. The van der Waals surface area contributed by atoms with Crippen molar-refractivity contribution < 1.29 is 59.2 Å². The Balaban J connectivity index is 0.000000270. The van der Waals surface area contributed by atoms with Crippen LogP contribution in [0.15, 0.2) is 36.4 Å². The number of aliphatic hydroxyl groups is 4. The summed E-state index contributed by atoms with van der Waals surface area (Å²) in [7, 11) is 2.96. The number of allylic oxidation sites excluding steroid dienone is 2. The summed E-state index contributed by atoms with van der Waals surface area (Å²) in [6.07, 6.45) is 8.28. The summed E-state index contributed by atoms with van der Waals surface area (Å²) in [4.78, 5) is 25.0. The molecule has 6 N–H and O–H groups in total. The van der Waals surface area contributed by atoms with Gasteiger partial charge in [0, 0.05) is 12.1 Å². The van der Waals surface area contributed by atoms with Crippen molar-refractivity contribution in [2.75, 3.05) is 14.2 Å². The van der Waals surface area contributed by atoms with E-state index >= 15 is 0 Å². The van der Waals surface area contributed by atoms with Crippen LogP contribution in [-0.4, -0.2) is 93.4 Å². The number of cyclic esters (lactones) is 2. The molecule has 0 radical (unpaired) electrons. The number of carbonyl (C=O) groups excluding carboxylic acids is 2. The lowest BCUT2D eigenvalue weighted by Crippen LogP contribution is -2.26. The van der Waals surface area contributed by atoms with Crippen molar-refractivity contribution in [2.24, 2.45) is 0 Å². The molecule has 2 aromatic rings. The van der Waals surface area contributed by atoms with Gasteiger partial charge in [0.1, 0.15) is 34.1 Å². The molecule has 0 fully saturated rings. The molecule has 50 heavy (non-hydrogen) atoms. The third-order valence-corrected chi connectivity index (χ3v) is 8.70. The highest BCUT2D eigenvalue weighted by atomic mass is 16.5. The summed E-state index contributed by atoms with van der Waals surface area (Å²) in [6.45, 7) is 3.53. The Morgan fingerprint density at radius 1 is 0.580 bits per heavy atom. The van der Waals surface area contributed by atoms with Crippen molar-refractivity contribution in [3.63, 3.8) is 0 Å². The van der Waals surface area contributed by atoms with Gasteiger partial charge < -0.3 is 49.6 Å². The number of phenolic OH excluding ortho intramolecular Hbond substituents is 2. The summed E-state index contributed by atoms with van der Waals surface area (Å²) < 4.78 is 21.1. The molecule has 2 aromatic carbocycles. The number of esters is 2. The van der Waals surface area contributed by atoms with Crippen LogP contribution in [-0.2, 0) is 9.47 Å². The quantitative estimate of drug-likeness (QED) is 0.222. The molecule has 12 nitrogen and oxygen atoms in total.